The van der Waals surface area contributed by atoms with E-state index >= 15 is 0 Å². The Labute approximate surface area is 123 Å². The van der Waals surface area contributed by atoms with Crippen molar-refractivity contribution >= 4 is 15.9 Å². The van der Waals surface area contributed by atoms with Crippen LogP contribution < -0.4 is 10.5 Å². The summed E-state index contributed by atoms with van der Waals surface area (Å²) in [5.74, 6) is 1.54. The molecule has 1 heterocycles. The van der Waals surface area contributed by atoms with Crippen molar-refractivity contribution in [3.05, 3.63) is 27.7 Å². The molecule has 0 aliphatic carbocycles. The first-order valence-corrected chi connectivity index (χ1v) is 7.58. The largest absolute Gasteiger partial charge is 0.493 e. The SMILES string of the molecule is COCC(C)CC(N)Cc1cc(Br)cc2c1OCC2. The van der Waals surface area contributed by atoms with Gasteiger partial charge in [-0.05, 0) is 42.0 Å². The Morgan fingerprint density at radius 2 is 2.26 bits per heavy atom. The van der Waals surface area contributed by atoms with E-state index < -0.39 is 0 Å². The van der Waals surface area contributed by atoms with Crippen LogP contribution >= 0.6 is 15.9 Å². The van der Waals surface area contributed by atoms with Gasteiger partial charge in [-0.1, -0.05) is 22.9 Å². The van der Waals surface area contributed by atoms with Gasteiger partial charge in [0.05, 0.1) is 6.61 Å². The van der Waals surface area contributed by atoms with Gasteiger partial charge >= 0.3 is 0 Å². The molecule has 0 fully saturated rings. The number of hydrogen-bond donors (Lipinski definition) is 1. The van der Waals surface area contributed by atoms with E-state index in [4.69, 9.17) is 15.2 Å². The Balaban J connectivity index is 2.03. The highest BCUT2D eigenvalue weighted by Crippen LogP contribution is 2.33. The van der Waals surface area contributed by atoms with Crippen LogP contribution in [0.1, 0.15) is 24.5 Å². The maximum Gasteiger partial charge on any atom is 0.125 e. The lowest BCUT2D eigenvalue weighted by molar-refractivity contribution is 0.152. The molecule has 1 aromatic rings. The van der Waals surface area contributed by atoms with Crippen molar-refractivity contribution < 1.29 is 9.47 Å². The van der Waals surface area contributed by atoms with Crippen LogP contribution in [-0.2, 0) is 17.6 Å². The molecule has 0 radical (unpaired) electrons. The average Bonchev–Trinajstić information content (AvgIpc) is 2.76. The van der Waals surface area contributed by atoms with Gasteiger partial charge in [-0.15, -0.1) is 0 Å². The minimum Gasteiger partial charge on any atom is -0.493 e. The lowest BCUT2D eigenvalue weighted by Gasteiger charge is -2.18. The summed E-state index contributed by atoms with van der Waals surface area (Å²) in [5, 5.41) is 0. The Morgan fingerprint density at radius 3 is 3.00 bits per heavy atom. The molecule has 0 amide bonds. The van der Waals surface area contributed by atoms with Crippen LogP contribution in [0.25, 0.3) is 0 Å². The Hall–Kier alpha value is -0.580. The molecule has 1 aromatic carbocycles. The minimum atomic E-state index is 0.146. The number of methoxy groups -OCH3 is 1. The molecule has 1 aliphatic rings. The molecule has 0 bridgehead atoms. The standard InChI is InChI=1S/C15H22BrNO2/c1-10(9-18-2)5-14(17)8-12-7-13(16)6-11-3-4-19-15(11)12/h6-7,10,14H,3-5,8-9,17H2,1-2H3. The van der Waals surface area contributed by atoms with Crippen molar-refractivity contribution in [2.24, 2.45) is 11.7 Å². The summed E-state index contributed by atoms with van der Waals surface area (Å²) in [6.45, 7) is 3.72. The van der Waals surface area contributed by atoms with Gasteiger partial charge in [0.1, 0.15) is 5.75 Å². The molecule has 2 unspecified atom stereocenters. The Bertz CT molecular complexity index is 436. The van der Waals surface area contributed by atoms with Crippen LogP contribution in [-0.4, -0.2) is 26.4 Å². The van der Waals surface area contributed by atoms with E-state index in [-0.39, 0.29) is 6.04 Å². The van der Waals surface area contributed by atoms with Gasteiger partial charge in [-0.3, -0.25) is 0 Å². The first-order chi connectivity index (χ1) is 9.10. The molecular weight excluding hydrogens is 306 g/mol. The van der Waals surface area contributed by atoms with Crippen molar-refractivity contribution in [1.82, 2.24) is 0 Å². The van der Waals surface area contributed by atoms with Gasteiger partial charge in [0, 0.05) is 30.7 Å². The number of benzene rings is 1. The summed E-state index contributed by atoms with van der Waals surface area (Å²) in [6, 6.07) is 4.42. The summed E-state index contributed by atoms with van der Waals surface area (Å²) >= 11 is 3.57. The number of hydrogen-bond acceptors (Lipinski definition) is 3. The molecule has 0 spiro atoms. The van der Waals surface area contributed by atoms with E-state index in [0.717, 1.165) is 42.7 Å². The topological polar surface area (TPSA) is 44.5 Å². The molecule has 19 heavy (non-hydrogen) atoms. The van der Waals surface area contributed by atoms with Crippen LogP contribution in [0.15, 0.2) is 16.6 Å². The number of nitrogens with two attached hydrogens (primary N) is 1. The van der Waals surface area contributed by atoms with Crippen molar-refractivity contribution in [3.63, 3.8) is 0 Å². The second-order valence-electron chi connectivity index (χ2n) is 5.41. The zero-order valence-electron chi connectivity index (χ0n) is 11.6. The van der Waals surface area contributed by atoms with E-state index in [0.29, 0.717) is 5.92 Å². The molecule has 0 saturated carbocycles. The van der Waals surface area contributed by atoms with Gasteiger partial charge in [0.25, 0.3) is 0 Å². The number of rotatable bonds is 6. The second-order valence-corrected chi connectivity index (χ2v) is 6.33. The van der Waals surface area contributed by atoms with Crippen molar-refractivity contribution in [1.29, 1.82) is 0 Å². The normalized spacial score (nSPS) is 16.8. The van der Waals surface area contributed by atoms with E-state index in [1.807, 2.05) is 0 Å². The van der Waals surface area contributed by atoms with Gasteiger partial charge in [-0.25, -0.2) is 0 Å². The maximum atomic E-state index is 6.25. The first-order valence-electron chi connectivity index (χ1n) is 6.78. The molecule has 2 atom stereocenters. The van der Waals surface area contributed by atoms with E-state index in [1.165, 1.54) is 11.1 Å². The van der Waals surface area contributed by atoms with Gasteiger partial charge in [0.15, 0.2) is 0 Å². The van der Waals surface area contributed by atoms with Gasteiger partial charge < -0.3 is 15.2 Å². The highest BCUT2D eigenvalue weighted by molar-refractivity contribution is 9.10. The van der Waals surface area contributed by atoms with Gasteiger partial charge in [0.2, 0.25) is 0 Å². The smallest absolute Gasteiger partial charge is 0.125 e. The Morgan fingerprint density at radius 1 is 1.47 bits per heavy atom. The van der Waals surface area contributed by atoms with Crippen LogP contribution in [0, 0.1) is 5.92 Å². The third-order valence-electron chi connectivity index (χ3n) is 3.46. The molecule has 2 rings (SSSR count). The zero-order valence-corrected chi connectivity index (χ0v) is 13.2. The van der Waals surface area contributed by atoms with E-state index in [2.05, 4.69) is 35.0 Å². The van der Waals surface area contributed by atoms with Crippen molar-refractivity contribution in [2.45, 2.75) is 32.2 Å². The summed E-state index contributed by atoms with van der Waals surface area (Å²) in [5.41, 5.74) is 8.77. The maximum absolute atomic E-state index is 6.25. The predicted octanol–water partition coefficient (Wildman–Crippen LogP) is 2.93. The molecule has 3 nitrogen and oxygen atoms in total. The van der Waals surface area contributed by atoms with E-state index in [1.54, 1.807) is 7.11 Å². The van der Waals surface area contributed by atoms with E-state index in [9.17, 15) is 0 Å². The third-order valence-corrected chi connectivity index (χ3v) is 3.92. The van der Waals surface area contributed by atoms with Crippen molar-refractivity contribution in [3.8, 4) is 5.75 Å². The summed E-state index contributed by atoms with van der Waals surface area (Å²) in [7, 11) is 1.73. The lowest BCUT2D eigenvalue weighted by atomic mass is 9.96. The Kier molecular flexibility index (Phi) is 5.25. The van der Waals surface area contributed by atoms with Crippen LogP contribution in [0.2, 0.25) is 0 Å². The molecule has 0 aromatic heterocycles. The molecule has 1 aliphatic heterocycles. The van der Waals surface area contributed by atoms with Crippen LogP contribution in [0.4, 0.5) is 0 Å². The lowest BCUT2D eigenvalue weighted by Crippen LogP contribution is -2.26. The highest BCUT2D eigenvalue weighted by Gasteiger charge is 2.19. The fraction of sp³-hybridized carbons (Fsp3) is 0.600. The summed E-state index contributed by atoms with van der Waals surface area (Å²) in [4.78, 5) is 0. The average molecular weight is 328 g/mol. The van der Waals surface area contributed by atoms with Crippen LogP contribution in [0.3, 0.4) is 0 Å². The zero-order chi connectivity index (χ0) is 13.8. The number of ether oxygens (including phenoxy) is 2. The number of fused-ring (bicyclic) bond motifs is 1. The highest BCUT2D eigenvalue weighted by atomic mass is 79.9. The third kappa shape index (κ3) is 3.94. The summed E-state index contributed by atoms with van der Waals surface area (Å²) in [6.07, 6.45) is 2.82. The molecule has 4 heteroatoms. The molecule has 2 N–H and O–H groups in total. The molecule has 106 valence electrons. The van der Waals surface area contributed by atoms with Crippen LogP contribution in [0.5, 0.6) is 5.75 Å². The van der Waals surface area contributed by atoms with Gasteiger partial charge in [-0.2, -0.15) is 0 Å². The molecular formula is C15H22BrNO2. The first kappa shape index (κ1) is 14.8. The fourth-order valence-electron chi connectivity index (χ4n) is 2.73. The predicted molar refractivity (Wildman–Crippen MR) is 80.7 cm³/mol. The molecule has 0 saturated heterocycles. The minimum absolute atomic E-state index is 0.146. The summed E-state index contributed by atoms with van der Waals surface area (Å²) < 4.78 is 12.0. The quantitative estimate of drug-likeness (QED) is 0.873. The van der Waals surface area contributed by atoms with Crippen molar-refractivity contribution in [2.75, 3.05) is 20.3 Å². The monoisotopic (exact) mass is 327 g/mol. The second kappa shape index (κ2) is 6.73. The number of halogens is 1. The fourth-order valence-corrected chi connectivity index (χ4v) is 3.29.